The predicted octanol–water partition coefficient (Wildman–Crippen LogP) is 16.9. The Morgan fingerprint density at radius 3 is 0.951 bits per heavy atom. The lowest BCUT2D eigenvalue weighted by Crippen LogP contribution is -2.48. The Morgan fingerprint density at radius 1 is 0.393 bits per heavy atom. The highest BCUT2D eigenvalue weighted by Gasteiger charge is 2.22. The molecule has 0 saturated carbocycles. The SMILES string of the molecule is CCCCCCCCCCCCCC/C=C\CCCCCCCCCCCCCCCC(O)C(=O)NC(CO)C(O)/C=C/CCCCCCCCCCCCCCCCCC. The van der Waals surface area contributed by atoms with Crippen molar-refractivity contribution in [1.82, 2.24) is 5.32 Å². The van der Waals surface area contributed by atoms with Crippen LogP contribution < -0.4 is 5.32 Å². The fraction of sp³-hybridized carbons (Fsp3) is 0.911. The van der Waals surface area contributed by atoms with Gasteiger partial charge in [-0.05, 0) is 44.9 Å². The van der Waals surface area contributed by atoms with Gasteiger partial charge in [0.05, 0.1) is 18.8 Å². The van der Waals surface area contributed by atoms with Gasteiger partial charge in [0.15, 0.2) is 0 Å². The summed E-state index contributed by atoms with van der Waals surface area (Å²) < 4.78 is 0. The summed E-state index contributed by atoms with van der Waals surface area (Å²) >= 11 is 0. The van der Waals surface area contributed by atoms with Crippen molar-refractivity contribution in [2.45, 2.75) is 321 Å². The topological polar surface area (TPSA) is 89.8 Å². The molecule has 3 unspecified atom stereocenters. The summed E-state index contributed by atoms with van der Waals surface area (Å²) in [6.45, 7) is 4.21. The summed E-state index contributed by atoms with van der Waals surface area (Å²) in [5.41, 5.74) is 0. The van der Waals surface area contributed by atoms with Gasteiger partial charge in [-0.25, -0.2) is 0 Å². The highest BCUT2D eigenvalue weighted by atomic mass is 16.3. The van der Waals surface area contributed by atoms with Crippen molar-refractivity contribution in [1.29, 1.82) is 0 Å². The number of hydrogen-bond donors (Lipinski definition) is 4. The summed E-state index contributed by atoms with van der Waals surface area (Å²) in [7, 11) is 0. The van der Waals surface area contributed by atoms with E-state index < -0.39 is 24.2 Å². The summed E-state index contributed by atoms with van der Waals surface area (Å²) in [5.74, 6) is -0.499. The van der Waals surface area contributed by atoms with Gasteiger partial charge in [-0.3, -0.25) is 4.79 Å². The molecule has 0 radical (unpaired) electrons. The van der Waals surface area contributed by atoms with Crippen LogP contribution in [0.3, 0.4) is 0 Å². The molecule has 0 aromatic heterocycles. The van der Waals surface area contributed by atoms with E-state index in [1.807, 2.05) is 6.08 Å². The van der Waals surface area contributed by atoms with Crippen LogP contribution in [0.4, 0.5) is 0 Å². The molecule has 0 aliphatic heterocycles. The normalized spacial score (nSPS) is 13.5. The molecular weight excluding hydrogens is 751 g/mol. The van der Waals surface area contributed by atoms with E-state index in [1.165, 1.54) is 250 Å². The zero-order valence-corrected chi connectivity index (χ0v) is 41.3. The molecule has 61 heavy (non-hydrogen) atoms. The lowest BCUT2D eigenvalue weighted by Gasteiger charge is -2.21. The van der Waals surface area contributed by atoms with Gasteiger partial charge in [0.25, 0.3) is 0 Å². The minimum Gasteiger partial charge on any atom is -0.394 e. The molecule has 0 aromatic rings. The highest BCUT2D eigenvalue weighted by Crippen LogP contribution is 2.17. The highest BCUT2D eigenvalue weighted by molar-refractivity contribution is 5.80. The van der Waals surface area contributed by atoms with Crippen molar-refractivity contribution in [2.75, 3.05) is 6.61 Å². The quantitative estimate of drug-likeness (QED) is 0.0362. The van der Waals surface area contributed by atoms with E-state index in [0.29, 0.717) is 6.42 Å². The van der Waals surface area contributed by atoms with E-state index in [1.54, 1.807) is 6.08 Å². The van der Waals surface area contributed by atoms with Gasteiger partial charge < -0.3 is 20.6 Å². The van der Waals surface area contributed by atoms with E-state index in [2.05, 4.69) is 31.3 Å². The van der Waals surface area contributed by atoms with Crippen LogP contribution in [0.15, 0.2) is 24.3 Å². The van der Waals surface area contributed by atoms with Gasteiger partial charge in [0.1, 0.15) is 6.10 Å². The Kier molecular flexibility index (Phi) is 50.5. The molecule has 0 aromatic carbocycles. The number of aliphatic hydroxyl groups excluding tert-OH is 3. The molecular formula is C56H109NO4. The summed E-state index contributed by atoms with van der Waals surface area (Å²) in [5, 5.41) is 33.3. The van der Waals surface area contributed by atoms with E-state index in [9.17, 15) is 20.1 Å². The first-order valence-electron chi connectivity index (χ1n) is 27.7. The summed E-state index contributed by atoms with van der Waals surface area (Å²) in [4.78, 5) is 12.5. The number of unbranched alkanes of at least 4 members (excludes halogenated alkanes) is 41. The second-order valence-electron chi connectivity index (χ2n) is 19.1. The van der Waals surface area contributed by atoms with Crippen molar-refractivity contribution in [2.24, 2.45) is 0 Å². The maximum absolute atomic E-state index is 12.5. The molecule has 0 spiro atoms. The Balaban J connectivity index is 3.55. The summed E-state index contributed by atoms with van der Waals surface area (Å²) in [6.07, 6.45) is 65.4. The third-order valence-corrected chi connectivity index (χ3v) is 13.0. The Labute approximate surface area is 382 Å². The first kappa shape index (κ1) is 59.8. The Hall–Kier alpha value is -1.17. The predicted molar refractivity (Wildman–Crippen MR) is 268 cm³/mol. The van der Waals surface area contributed by atoms with Crippen LogP contribution in [0.1, 0.15) is 303 Å². The molecule has 0 rings (SSSR count). The van der Waals surface area contributed by atoms with Crippen molar-refractivity contribution in [3.63, 3.8) is 0 Å². The van der Waals surface area contributed by atoms with Gasteiger partial charge >= 0.3 is 0 Å². The molecule has 0 aliphatic carbocycles. The Bertz CT molecular complexity index is 905. The van der Waals surface area contributed by atoms with Crippen molar-refractivity contribution >= 4 is 5.91 Å². The lowest BCUT2D eigenvalue weighted by atomic mass is 10.0. The minimum atomic E-state index is -1.10. The van der Waals surface area contributed by atoms with Crippen LogP contribution in [0, 0.1) is 0 Å². The van der Waals surface area contributed by atoms with Crippen molar-refractivity contribution < 1.29 is 20.1 Å². The number of carbonyl (C=O) groups excluding carboxylic acids is 1. The summed E-state index contributed by atoms with van der Waals surface area (Å²) in [6, 6.07) is -0.796. The van der Waals surface area contributed by atoms with E-state index >= 15 is 0 Å². The standard InChI is InChI=1S/C56H109NO4/c1-3-5-7-9-11-13-15-17-19-21-23-24-25-26-27-28-29-30-31-32-33-35-37-39-41-43-45-47-49-51-55(60)56(61)57-53(52-58)54(59)50-48-46-44-42-40-38-36-34-22-20-18-16-14-12-10-8-6-4-2/h26-27,48,50,53-55,58-60H,3-25,28-47,49,51-52H2,1-2H3,(H,57,61)/b27-26-,50-48+. The lowest BCUT2D eigenvalue weighted by molar-refractivity contribution is -0.131. The van der Waals surface area contributed by atoms with Crippen LogP contribution >= 0.6 is 0 Å². The molecule has 3 atom stereocenters. The molecule has 0 aliphatic rings. The fourth-order valence-corrected chi connectivity index (χ4v) is 8.71. The van der Waals surface area contributed by atoms with Crippen molar-refractivity contribution in [3.8, 4) is 0 Å². The number of aliphatic hydroxyl groups is 3. The van der Waals surface area contributed by atoms with Crippen LogP contribution in [0.5, 0.6) is 0 Å². The van der Waals surface area contributed by atoms with Gasteiger partial charge in [0, 0.05) is 0 Å². The zero-order chi connectivity index (χ0) is 44.4. The molecule has 1 amide bonds. The van der Waals surface area contributed by atoms with Gasteiger partial charge in [-0.1, -0.05) is 282 Å². The van der Waals surface area contributed by atoms with Gasteiger partial charge in [-0.15, -0.1) is 0 Å². The van der Waals surface area contributed by atoms with Crippen molar-refractivity contribution in [3.05, 3.63) is 24.3 Å². The van der Waals surface area contributed by atoms with Crippen LogP contribution in [-0.4, -0.2) is 46.1 Å². The zero-order valence-electron chi connectivity index (χ0n) is 41.3. The number of allylic oxidation sites excluding steroid dienone is 3. The molecule has 5 heteroatoms. The molecule has 4 N–H and O–H groups in total. The second-order valence-corrected chi connectivity index (χ2v) is 19.1. The maximum Gasteiger partial charge on any atom is 0.249 e. The first-order chi connectivity index (χ1) is 30.1. The van der Waals surface area contributed by atoms with Crippen LogP contribution in [0.25, 0.3) is 0 Å². The van der Waals surface area contributed by atoms with E-state index in [4.69, 9.17) is 0 Å². The fourth-order valence-electron chi connectivity index (χ4n) is 8.71. The Morgan fingerprint density at radius 2 is 0.656 bits per heavy atom. The number of carbonyl (C=O) groups is 1. The monoisotopic (exact) mass is 860 g/mol. The van der Waals surface area contributed by atoms with E-state index in [-0.39, 0.29) is 6.61 Å². The molecule has 0 bridgehead atoms. The third-order valence-electron chi connectivity index (χ3n) is 13.0. The maximum atomic E-state index is 12.5. The van der Waals surface area contributed by atoms with Gasteiger partial charge in [-0.2, -0.15) is 0 Å². The second kappa shape index (κ2) is 51.5. The molecule has 0 heterocycles. The average Bonchev–Trinajstić information content (AvgIpc) is 3.26. The first-order valence-corrected chi connectivity index (χ1v) is 27.7. The molecule has 0 fully saturated rings. The largest absolute Gasteiger partial charge is 0.394 e. The average molecular weight is 860 g/mol. The van der Waals surface area contributed by atoms with Crippen LogP contribution in [0.2, 0.25) is 0 Å². The third kappa shape index (κ3) is 46.6. The molecule has 0 saturated heterocycles. The number of amides is 1. The van der Waals surface area contributed by atoms with Crippen LogP contribution in [-0.2, 0) is 4.79 Å². The molecule has 5 nitrogen and oxygen atoms in total. The molecule has 362 valence electrons. The number of hydrogen-bond acceptors (Lipinski definition) is 4. The van der Waals surface area contributed by atoms with Gasteiger partial charge in [0.2, 0.25) is 5.91 Å². The minimum absolute atomic E-state index is 0.361. The number of nitrogens with one attached hydrogen (secondary N) is 1. The number of rotatable bonds is 51. The van der Waals surface area contributed by atoms with E-state index in [0.717, 1.165) is 32.1 Å². The smallest absolute Gasteiger partial charge is 0.249 e.